The quantitative estimate of drug-likeness (QED) is 0.480. The molecule has 0 radical (unpaired) electrons. The summed E-state index contributed by atoms with van der Waals surface area (Å²) in [6.45, 7) is 7.22. The minimum atomic E-state index is -0.883. The number of aliphatic carboxylic acids is 1. The number of benzene rings is 2. The number of hydrogen-bond donors (Lipinski definition) is 1. The summed E-state index contributed by atoms with van der Waals surface area (Å²) in [4.78, 5) is 25.4. The van der Waals surface area contributed by atoms with Gasteiger partial charge in [-0.25, -0.2) is 4.79 Å². The van der Waals surface area contributed by atoms with E-state index in [-0.39, 0.29) is 18.6 Å². The van der Waals surface area contributed by atoms with Gasteiger partial charge in [-0.05, 0) is 56.9 Å². The summed E-state index contributed by atoms with van der Waals surface area (Å²) in [5.74, 6) is -0.210. The Morgan fingerprint density at radius 3 is 2.44 bits per heavy atom. The molecule has 1 aromatic heterocycles. The van der Waals surface area contributed by atoms with E-state index in [1.165, 1.54) is 0 Å². The van der Waals surface area contributed by atoms with Crippen LogP contribution in [0.3, 0.4) is 0 Å². The van der Waals surface area contributed by atoms with Gasteiger partial charge in [0, 0.05) is 30.4 Å². The number of carboxylic acids is 1. The first-order valence-electron chi connectivity index (χ1n) is 12.2. The first-order chi connectivity index (χ1) is 17.2. The number of carbonyl (C=O) groups excluding carboxylic acids is 1. The highest BCUT2D eigenvalue weighted by molar-refractivity contribution is 5.74. The van der Waals surface area contributed by atoms with Crippen molar-refractivity contribution in [1.82, 2.24) is 14.7 Å². The Balaban J connectivity index is 1.49. The summed E-state index contributed by atoms with van der Waals surface area (Å²) in [5, 5.41) is 13.9. The minimum Gasteiger partial charge on any atom is -0.488 e. The number of carboxylic acid groups (broad SMARTS) is 1. The zero-order valence-corrected chi connectivity index (χ0v) is 21.0. The van der Waals surface area contributed by atoms with Gasteiger partial charge in [0.25, 0.3) is 0 Å². The van der Waals surface area contributed by atoms with Crippen molar-refractivity contribution in [3.8, 4) is 16.9 Å². The fourth-order valence-electron chi connectivity index (χ4n) is 4.26. The van der Waals surface area contributed by atoms with Crippen molar-refractivity contribution >= 4 is 12.1 Å². The third-order valence-corrected chi connectivity index (χ3v) is 6.04. The summed E-state index contributed by atoms with van der Waals surface area (Å²) < 4.78 is 13.6. The number of aromatic nitrogens is 2. The highest BCUT2D eigenvalue weighted by Crippen LogP contribution is 2.33. The van der Waals surface area contributed by atoms with E-state index in [0.717, 1.165) is 29.5 Å². The van der Waals surface area contributed by atoms with Crippen molar-refractivity contribution in [3.05, 3.63) is 72.1 Å². The van der Waals surface area contributed by atoms with Crippen molar-refractivity contribution in [2.45, 2.75) is 58.3 Å². The van der Waals surface area contributed by atoms with Crippen LogP contribution >= 0.6 is 0 Å². The predicted molar refractivity (Wildman–Crippen MR) is 136 cm³/mol. The highest BCUT2D eigenvalue weighted by atomic mass is 16.6. The van der Waals surface area contributed by atoms with Gasteiger partial charge in [0.1, 0.15) is 18.0 Å². The maximum Gasteiger partial charge on any atom is 0.410 e. The fraction of sp³-hybridized carbons (Fsp3) is 0.393. The number of nitrogens with zero attached hydrogens (tertiary/aromatic N) is 3. The molecule has 0 unspecified atom stereocenters. The monoisotopic (exact) mass is 491 g/mol. The molecule has 0 atom stereocenters. The van der Waals surface area contributed by atoms with Crippen molar-refractivity contribution in [2.75, 3.05) is 13.1 Å². The summed E-state index contributed by atoms with van der Waals surface area (Å²) in [6.07, 6.45) is 4.97. The normalized spacial score (nSPS) is 14.5. The van der Waals surface area contributed by atoms with E-state index < -0.39 is 11.6 Å². The van der Waals surface area contributed by atoms with E-state index in [2.05, 4.69) is 5.10 Å². The molecule has 1 saturated heterocycles. The molecule has 4 rings (SSSR count). The molecule has 190 valence electrons. The first kappa shape index (κ1) is 25.3. The largest absolute Gasteiger partial charge is 0.488 e. The fourth-order valence-corrected chi connectivity index (χ4v) is 4.26. The molecule has 0 aliphatic carbocycles. The zero-order valence-electron chi connectivity index (χ0n) is 21.0. The van der Waals surface area contributed by atoms with Crippen molar-refractivity contribution in [1.29, 1.82) is 0 Å². The molecule has 36 heavy (non-hydrogen) atoms. The van der Waals surface area contributed by atoms with Crippen LogP contribution in [0.5, 0.6) is 5.75 Å². The molecule has 2 heterocycles. The van der Waals surface area contributed by atoms with Gasteiger partial charge in [0.2, 0.25) is 0 Å². The van der Waals surface area contributed by atoms with Gasteiger partial charge in [-0.2, -0.15) is 5.10 Å². The summed E-state index contributed by atoms with van der Waals surface area (Å²) in [6, 6.07) is 15.5. The second kappa shape index (κ2) is 10.8. The molecule has 1 aliphatic rings. The van der Waals surface area contributed by atoms with Crippen LogP contribution in [0.2, 0.25) is 0 Å². The van der Waals surface area contributed by atoms with Gasteiger partial charge >= 0.3 is 12.1 Å². The van der Waals surface area contributed by atoms with E-state index in [1.807, 2.05) is 74.1 Å². The van der Waals surface area contributed by atoms with Gasteiger partial charge in [-0.1, -0.05) is 36.4 Å². The van der Waals surface area contributed by atoms with Crippen LogP contribution in [-0.2, 0) is 22.6 Å². The second-order valence-electron chi connectivity index (χ2n) is 10.1. The van der Waals surface area contributed by atoms with E-state index in [1.54, 1.807) is 17.2 Å². The third kappa shape index (κ3) is 6.65. The molecule has 3 aromatic rings. The predicted octanol–water partition coefficient (Wildman–Crippen LogP) is 5.33. The summed E-state index contributed by atoms with van der Waals surface area (Å²) in [5.41, 5.74) is 2.90. The summed E-state index contributed by atoms with van der Waals surface area (Å²) in [7, 11) is 0. The maximum absolute atomic E-state index is 12.4. The molecule has 8 heteroatoms. The standard InChI is InChI=1S/C28H33N3O5/c1-28(2,3)36-27(34)30-13-11-23(12-14-30)31-18-22(17-29-31)24-15-21(16-26(32)33)9-10-25(24)35-19-20-7-5-4-6-8-20/h4-10,15,17-18,23H,11-14,16,19H2,1-3H3,(H,32,33). The van der Waals surface area contributed by atoms with E-state index in [0.29, 0.717) is 31.0 Å². The molecule has 2 aromatic carbocycles. The lowest BCUT2D eigenvalue weighted by Crippen LogP contribution is -2.42. The molecule has 0 saturated carbocycles. The van der Waals surface area contributed by atoms with Crippen LogP contribution in [-0.4, -0.2) is 50.5 Å². The van der Waals surface area contributed by atoms with Crippen LogP contribution < -0.4 is 4.74 Å². The Labute approximate surface area is 211 Å². The Morgan fingerprint density at radius 2 is 1.78 bits per heavy atom. The van der Waals surface area contributed by atoms with Crippen LogP contribution in [0.15, 0.2) is 60.9 Å². The molecule has 1 amide bonds. The molecular formula is C28H33N3O5. The van der Waals surface area contributed by atoms with Crippen molar-refractivity contribution in [3.63, 3.8) is 0 Å². The average Bonchev–Trinajstić information content (AvgIpc) is 3.33. The lowest BCUT2D eigenvalue weighted by Gasteiger charge is -2.33. The minimum absolute atomic E-state index is 0.0662. The van der Waals surface area contributed by atoms with Gasteiger partial charge in [0.15, 0.2) is 0 Å². The van der Waals surface area contributed by atoms with Crippen LogP contribution in [0, 0.1) is 0 Å². The number of hydrogen-bond acceptors (Lipinski definition) is 5. The van der Waals surface area contributed by atoms with E-state index >= 15 is 0 Å². The Morgan fingerprint density at radius 1 is 1.06 bits per heavy atom. The number of carbonyl (C=O) groups is 2. The zero-order chi connectivity index (χ0) is 25.7. The average molecular weight is 492 g/mol. The lowest BCUT2D eigenvalue weighted by molar-refractivity contribution is -0.136. The Kier molecular flexibility index (Phi) is 7.62. The second-order valence-corrected chi connectivity index (χ2v) is 10.1. The molecule has 1 fully saturated rings. The van der Waals surface area contributed by atoms with E-state index in [9.17, 15) is 14.7 Å². The van der Waals surface area contributed by atoms with Crippen LogP contribution in [0.4, 0.5) is 4.79 Å². The number of ether oxygens (including phenoxy) is 2. The SMILES string of the molecule is CC(C)(C)OC(=O)N1CCC(n2cc(-c3cc(CC(=O)O)ccc3OCc3ccccc3)cn2)CC1. The molecule has 1 aliphatic heterocycles. The van der Waals surface area contributed by atoms with Gasteiger partial charge in [0.05, 0.1) is 18.7 Å². The molecule has 0 bridgehead atoms. The first-order valence-corrected chi connectivity index (χ1v) is 12.2. The lowest BCUT2D eigenvalue weighted by atomic mass is 10.0. The topological polar surface area (TPSA) is 93.9 Å². The summed E-state index contributed by atoms with van der Waals surface area (Å²) >= 11 is 0. The number of amides is 1. The number of likely N-dealkylation sites (tertiary alicyclic amines) is 1. The van der Waals surface area contributed by atoms with Crippen molar-refractivity contribution in [2.24, 2.45) is 0 Å². The highest BCUT2D eigenvalue weighted by Gasteiger charge is 2.28. The number of piperidine rings is 1. The van der Waals surface area contributed by atoms with Gasteiger partial charge in [-0.15, -0.1) is 0 Å². The van der Waals surface area contributed by atoms with E-state index in [4.69, 9.17) is 9.47 Å². The maximum atomic E-state index is 12.4. The Hall–Kier alpha value is -3.81. The van der Waals surface area contributed by atoms with Crippen molar-refractivity contribution < 1.29 is 24.2 Å². The molecule has 8 nitrogen and oxygen atoms in total. The molecular weight excluding hydrogens is 458 g/mol. The van der Waals surface area contributed by atoms with Crippen LogP contribution in [0.25, 0.3) is 11.1 Å². The Bertz CT molecular complexity index is 1190. The van der Waals surface area contributed by atoms with Gasteiger partial charge < -0.3 is 19.5 Å². The molecule has 1 N–H and O–H groups in total. The smallest absolute Gasteiger partial charge is 0.410 e. The molecule has 0 spiro atoms. The number of rotatable bonds is 7. The van der Waals surface area contributed by atoms with Crippen LogP contribution in [0.1, 0.15) is 50.8 Å². The van der Waals surface area contributed by atoms with Gasteiger partial charge in [-0.3, -0.25) is 9.48 Å². The third-order valence-electron chi connectivity index (χ3n) is 6.04.